The SMILES string of the molecule is COC(=O)/C=C(C(=O)OC)/C(C(=O)c1ccccc1)=C(\O)c1ccccc1. The van der Waals surface area contributed by atoms with Crippen molar-refractivity contribution in [2.75, 3.05) is 14.2 Å². The molecule has 0 unspecified atom stereocenters. The number of ether oxygens (including phenoxy) is 2. The van der Waals surface area contributed by atoms with Crippen LogP contribution in [0.15, 0.2) is 77.9 Å². The molecule has 6 nitrogen and oxygen atoms in total. The number of hydrogen-bond acceptors (Lipinski definition) is 6. The maximum Gasteiger partial charge on any atom is 0.339 e. The number of aliphatic hydroxyl groups excluding tert-OH is 1. The number of carbonyl (C=O) groups is 3. The van der Waals surface area contributed by atoms with Crippen LogP contribution in [0.25, 0.3) is 5.76 Å². The van der Waals surface area contributed by atoms with Gasteiger partial charge in [-0.05, 0) is 0 Å². The van der Waals surface area contributed by atoms with Crippen molar-refractivity contribution in [3.63, 3.8) is 0 Å². The van der Waals surface area contributed by atoms with Crippen LogP contribution >= 0.6 is 0 Å². The molecule has 6 heteroatoms. The van der Waals surface area contributed by atoms with Crippen molar-refractivity contribution in [2.24, 2.45) is 0 Å². The Kier molecular flexibility index (Phi) is 6.66. The van der Waals surface area contributed by atoms with E-state index in [1.807, 2.05) is 0 Å². The molecule has 0 spiro atoms. The standard InChI is InChI=1S/C21H18O6/c1-26-17(22)13-16(21(25)27-2)18(19(23)14-9-5-3-6-10-14)20(24)15-11-7-4-8-12-15/h3-13,23H,1-2H3/b16-13-,19-18+. The number of carbonyl (C=O) groups excluding carboxylic acids is 3. The van der Waals surface area contributed by atoms with Gasteiger partial charge in [-0.15, -0.1) is 0 Å². The third kappa shape index (κ3) is 4.70. The minimum Gasteiger partial charge on any atom is -0.507 e. The van der Waals surface area contributed by atoms with Crippen LogP contribution in [-0.2, 0) is 19.1 Å². The van der Waals surface area contributed by atoms with E-state index in [4.69, 9.17) is 4.74 Å². The largest absolute Gasteiger partial charge is 0.507 e. The van der Waals surface area contributed by atoms with Gasteiger partial charge in [0.15, 0.2) is 5.78 Å². The van der Waals surface area contributed by atoms with Gasteiger partial charge in [0.1, 0.15) is 5.76 Å². The molecule has 27 heavy (non-hydrogen) atoms. The average molecular weight is 366 g/mol. The third-order valence-electron chi connectivity index (χ3n) is 3.69. The molecule has 0 aliphatic carbocycles. The molecule has 1 N–H and O–H groups in total. The molecule has 0 aromatic heterocycles. The van der Waals surface area contributed by atoms with E-state index in [2.05, 4.69) is 4.74 Å². The Morgan fingerprint density at radius 2 is 1.33 bits per heavy atom. The lowest BCUT2D eigenvalue weighted by Gasteiger charge is -2.13. The topological polar surface area (TPSA) is 89.9 Å². The molecule has 2 aromatic rings. The fraction of sp³-hybridized carbons (Fsp3) is 0.0952. The van der Waals surface area contributed by atoms with E-state index in [1.54, 1.807) is 48.5 Å². The number of Topliss-reactive ketones (excluding diaryl/α,β-unsaturated/α-hetero) is 1. The molecule has 2 rings (SSSR count). The van der Waals surface area contributed by atoms with Crippen molar-refractivity contribution in [1.82, 2.24) is 0 Å². The van der Waals surface area contributed by atoms with Gasteiger partial charge >= 0.3 is 11.9 Å². The highest BCUT2D eigenvalue weighted by Gasteiger charge is 2.28. The summed E-state index contributed by atoms with van der Waals surface area (Å²) in [6, 6.07) is 16.3. The Bertz CT molecular complexity index is 895. The van der Waals surface area contributed by atoms with Crippen LogP contribution in [-0.4, -0.2) is 37.0 Å². The molecule has 138 valence electrons. The molecule has 0 atom stereocenters. The van der Waals surface area contributed by atoms with Gasteiger partial charge in [0.05, 0.1) is 25.4 Å². The van der Waals surface area contributed by atoms with Crippen molar-refractivity contribution in [3.05, 3.63) is 89.0 Å². The normalized spacial score (nSPS) is 12.0. The van der Waals surface area contributed by atoms with Gasteiger partial charge in [-0.3, -0.25) is 4.79 Å². The van der Waals surface area contributed by atoms with Gasteiger partial charge in [-0.2, -0.15) is 0 Å². The Hall–Kier alpha value is -3.67. The first kappa shape index (κ1) is 19.7. The molecule has 0 fully saturated rings. The Balaban J connectivity index is 2.75. The van der Waals surface area contributed by atoms with Crippen LogP contribution in [0.3, 0.4) is 0 Å². The van der Waals surface area contributed by atoms with E-state index in [0.717, 1.165) is 20.3 Å². The average Bonchev–Trinajstić information content (AvgIpc) is 2.73. The second-order valence-corrected chi connectivity index (χ2v) is 5.36. The van der Waals surface area contributed by atoms with Crippen molar-refractivity contribution in [3.8, 4) is 0 Å². The zero-order valence-corrected chi connectivity index (χ0v) is 14.8. The van der Waals surface area contributed by atoms with Crippen LogP contribution in [0.5, 0.6) is 0 Å². The zero-order valence-electron chi connectivity index (χ0n) is 14.8. The number of esters is 2. The molecular formula is C21H18O6. The molecule has 0 saturated carbocycles. The molecule has 0 heterocycles. The van der Waals surface area contributed by atoms with Gasteiger partial charge in [0.2, 0.25) is 0 Å². The maximum absolute atomic E-state index is 13.1. The first-order valence-corrected chi connectivity index (χ1v) is 7.96. The number of hydrogen-bond donors (Lipinski definition) is 1. The summed E-state index contributed by atoms with van der Waals surface area (Å²) < 4.78 is 9.26. The minimum absolute atomic E-state index is 0.231. The summed E-state index contributed by atoms with van der Waals surface area (Å²) in [5.41, 5.74) is -0.227. The predicted octanol–water partition coefficient (Wildman–Crippen LogP) is 3.11. The number of aliphatic hydroxyl groups is 1. The second kappa shape index (κ2) is 9.15. The highest BCUT2D eigenvalue weighted by atomic mass is 16.5. The monoisotopic (exact) mass is 366 g/mol. The first-order valence-electron chi connectivity index (χ1n) is 7.96. The number of rotatable bonds is 6. The van der Waals surface area contributed by atoms with Gasteiger partial charge in [-0.25, -0.2) is 9.59 Å². The van der Waals surface area contributed by atoms with Crippen LogP contribution in [0.1, 0.15) is 15.9 Å². The molecule has 0 aliphatic rings. The van der Waals surface area contributed by atoms with Crippen LogP contribution in [0.4, 0.5) is 0 Å². The summed E-state index contributed by atoms with van der Waals surface area (Å²) in [4.78, 5) is 37.1. The molecule has 0 radical (unpaired) electrons. The van der Waals surface area contributed by atoms with Gasteiger partial charge in [0, 0.05) is 17.2 Å². The summed E-state index contributed by atoms with van der Waals surface area (Å²) in [7, 11) is 2.24. The highest BCUT2D eigenvalue weighted by molar-refractivity contribution is 6.22. The highest BCUT2D eigenvalue weighted by Crippen LogP contribution is 2.26. The van der Waals surface area contributed by atoms with Gasteiger partial charge in [-0.1, -0.05) is 60.7 Å². The Morgan fingerprint density at radius 1 is 0.815 bits per heavy atom. The summed E-state index contributed by atoms with van der Waals surface area (Å²) >= 11 is 0. The fourth-order valence-corrected chi connectivity index (χ4v) is 2.35. The number of benzene rings is 2. The second-order valence-electron chi connectivity index (χ2n) is 5.36. The Labute approximate surface area is 156 Å². The van der Waals surface area contributed by atoms with Crippen LogP contribution in [0.2, 0.25) is 0 Å². The lowest BCUT2D eigenvalue weighted by Crippen LogP contribution is -2.18. The van der Waals surface area contributed by atoms with E-state index in [1.165, 1.54) is 12.1 Å². The number of ketones is 1. The smallest absolute Gasteiger partial charge is 0.339 e. The lowest BCUT2D eigenvalue weighted by molar-refractivity contribution is -0.138. The quantitative estimate of drug-likeness (QED) is 0.278. The maximum atomic E-state index is 13.1. The lowest BCUT2D eigenvalue weighted by atomic mass is 9.93. The van der Waals surface area contributed by atoms with E-state index >= 15 is 0 Å². The molecule has 0 amide bonds. The summed E-state index contributed by atoms with van der Waals surface area (Å²) in [5.74, 6) is -2.92. The van der Waals surface area contributed by atoms with Crippen molar-refractivity contribution in [1.29, 1.82) is 0 Å². The van der Waals surface area contributed by atoms with E-state index < -0.39 is 29.1 Å². The van der Waals surface area contributed by atoms with Crippen LogP contribution < -0.4 is 0 Å². The summed E-state index contributed by atoms with van der Waals surface area (Å²) in [6.45, 7) is 0. The number of methoxy groups -OCH3 is 2. The zero-order chi connectivity index (χ0) is 19.8. The fourth-order valence-electron chi connectivity index (χ4n) is 2.35. The van der Waals surface area contributed by atoms with Crippen molar-refractivity contribution in [2.45, 2.75) is 0 Å². The molecule has 2 aromatic carbocycles. The van der Waals surface area contributed by atoms with Gasteiger partial charge < -0.3 is 14.6 Å². The van der Waals surface area contributed by atoms with E-state index in [-0.39, 0.29) is 11.1 Å². The van der Waals surface area contributed by atoms with Crippen molar-refractivity contribution >= 4 is 23.5 Å². The van der Waals surface area contributed by atoms with Crippen molar-refractivity contribution < 1.29 is 29.0 Å². The van der Waals surface area contributed by atoms with Crippen LogP contribution in [0, 0.1) is 0 Å². The predicted molar refractivity (Wildman–Crippen MR) is 98.9 cm³/mol. The summed E-state index contributed by atoms with van der Waals surface area (Å²) in [5, 5.41) is 10.8. The van der Waals surface area contributed by atoms with Gasteiger partial charge in [0.25, 0.3) is 0 Å². The molecular weight excluding hydrogens is 348 g/mol. The molecule has 0 aliphatic heterocycles. The summed E-state index contributed by atoms with van der Waals surface area (Å²) in [6.07, 6.45) is 0.821. The first-order chi connectivity index (χ1) is 13.0. The molecule has 0 bridgehead atoms. The minimum atomic E-state index is -0.956. The van der Waals surface area contributed by atoms with E-state index in [0.29, 0.717) is 5.56 Å². The molecule has 0 saturated heterocycles. The van der Waals surface area contributed by atoms with E-state index in [9.17, 15) is 19.5 Å². The third-order valence-corrected chi connectivity index (χ3v) is 3.69. The Morgan fingerprint density at radius 3 is 1.81 bits per heavy atom.